The Bertz CT molecular complexity index is 151. The van der Waals surface area contributed by atoms with E-state index in [9.17, 15) is 5.11 Å². The van der Waals surface area contributed by atoms with Gasteiger partial charge in [0.05, 0.1) is 11.5 Å². The van der Waals surface area contributed by atoms with Gasteiger partial charge in [-0.15, -0.1) is 11.6 Å². The highest BCUT2D eigenvalue weighted by Crippen LogP contribution is 2.18. The lowest BCUT2D eigenvalue weighted by Gasteiger charge is -2.21. The van der Waals surface area contributed by atoms with Crippen molar-refractivity contribution in [1.82, 2.24) is 0 Å². The number of rotatable bonds is 1. The molecule has 50 valence electrons. The Morgan fingerprint density at radius 3 is 2.67 bits per heavy atom. The van der Waals surface area contributed by atoms with Gasteiger partial charge in [-0.2, -0.15) is 0 Å². The molecule has 0 saturated carbocycles. The van der Waals surface area contributed by atoms with Crippen molar-refractivity contribution in [3.8, 4) is 0 Å². The van der Waals surface area contributed by atoms with Crippen molar-refractivity contribution in [2.45, 2.75) is 12.0 Å². The van der Waals surface area contributed by atoms with Gasteiger partial charge in [0, 0.05) is 0 Å². The van der Waals surface area contributed by atoms with Gasteiger partial charge in [-0.3, -0.25) is 0 Å². The molecule has 0 radical (unpaired) electrons. The highest BCUT2D eigenvalue weighted by molar-refractivity contribution is 6.18. The van der Waals surface area contributed by atoms with Crippen LogP contribution >= 0.6 is 11.6 Å². The smallest absolute Gasteiger partial charge is 0.0999 e. The molecular weight excluding hydrogens is 136 g/mol. The molecule has 0 aromatic carbocycles. The molecule has 1 unspecified atom stereocenters. The van der Waals surface area contributed by atoms with E-state index in [1.807, 2.05) is 18.2 Å². The zero-order valence-corrected chi connectivity index (χ0v) is 5.80. The maximum absolute atomic E-state index is 9.41. The first-order chi connectivity index (χ1) is 4.27. The quantitative estimate of drug-likeness (QED) is 0.553. The molecule has 1 rings (SSSR count). The molecule has 0 aliphatic heterocycles. The van der Waals surface area contributed by atoms with Crippen molar-refractivity contribution in [3.63, 3.8) is 0 Å². The Labute approximate surface area is 59.6 Å². The number of hydrogen-bond donors (Lipinski definition) is 1. The molecule has 0 spiro atoms. The highest BCUT2D eigenvalue weighted by Gasteiger charge is 2.20. The maximum Gasteiger partial charge on any atom is 0.0999 e. The molecule has 1 aliphatic carbocycles. The third-order valence-electron chi connectivity index (χ3n) is 1.36. The minimum Gasteiger partial charge on any atom is -0.384 e. The van der Waals surface area contributed by atoms with Gasteiger partial charge in [-0.05, 0) is 6.42 Å². The Balaban J connectivity index is 2.63. The zero-order chi connectivity index (χ0) is 6.74. The highest BCUT2D eigenvalue weighted by atomic mass is 35.5. The van der Waals surface area contributed by atoms with Gasteiger partial charge in [0.15, 0.2) is 0 Å². The average molecular weight is 145 g/mol. The second kappa shape index (κ2) is 2.54. The number of aliphatic hydroxyl groups is 1. The molecular formula is C7H9ClO. The van der Waals surface area contributed by atoms with Crippen LogP contribution in [0.1, 0.15) is 6.42 Å². The minimum absolute atomic E-state index is 0.272. The van der Waals surface area contributed by atoms with Gasteiger partial charge < -0.3 is 5.11 Å². The lowest BCUT2D eigenvalue weighted by molar-refractivity contribution is 0.117. The molecule has 0 fully saturated rings. The second-order valence-electron chi connectivity index (χ2n) is 2.23. The fraction of sp³-hybridized carbons (Fsp3) is 0.429. The lowest BCUT2D eigenvalue weighted by atomic mass is 9.98. The Morgan fingerprint density at radius 2 is 2.33 bits per heavy atom. The van der Waals surface area contributed by atoms with Crippen LogP contribution in [0.25, 0.3) is 0 Å². The standard InChI is InChI=1S/C7H9ClO/c8-6-7(9)4-2-1-3-5-7/h1-4,9H,5-6H2. The van der Waals surface area contributed by atoms with Crippen LogP contribution in [0, 0.1) is 0 Å². The van der Waals surface area contributed by atoms with Crippen molar-refractivity contribution in [2.24, 2.45) is 0 Å². The molecule has 0 aromatic rings. The molecule has 9 heavy (non-hydrogen) atoms. The third kappa shape index (κ3) is 1.57. The van der Waals surface area contributed by atoms with E-state index >= 15 is 0 Å². The molecule has 0 aromatic heterocycles. The monoisotopic (exact) mass is 144 g/mol. The lowest BCUT2D eigenvalue weighted by Crippen LogP contribution is -2.27. The molecule has 2 heteroatoms. The summed E-state index contributed by atoms with van der Waals surface area (Å²) in [5.41, 5.74) is -0.781. The normalized spacial score (nSPS) is 33.1. The van der Waals surface area contributed by atoms with E-state index in [0.717, 1.165) is 0 Å². The minimum atomic E-state index is -0.781. The third-order valence-corrected chi connectivity index (χ3v) is 1.82. The number of alkyl halides is 1. The Hall–Kier alpha value is -0.270. The first kappa shape index (κ1) is 6.84. The van der Waals surface area contributed by atoms with E-state index < -0.39 is 5.60 Å². The van der Waals surface area contributed by atoms with Crippen molar-refractivity contribution >= 4 is 11.6 Å². The van der Waals surface area contributed by atoms with E-state index in [4.69, 9.17) is 11.6 Å². The summed E-state index contributed by atoms with van der Waals surface area (Å²) in [6.07, 6.45) is 7.97. The SMILES string of the molecule is OC1(CCl)C=CC=CC1. The molecule has 1 N–H and O–H groups in total. The van der Waals surface area contributed by atoms with Crippen molar-refractivity contribution < 1.29 is 5.11 Å². The summed E-state index contributed by atoms with van der Waals surface area (Å²) in [5, 5.41) is 9.41. The van der Waals surface area contributed by atoms with Gasteiger partial charge in [0.2, 0.25) is 0 Å². The van der Waals surface area contributed by atoms with Crippen LogP contribution in [0.5, 0.6) is 0 Å². The fourth-order valence-electron chi connectivity index (χ4n) is 0.752. The summed E-state index contributed by atoms with van der Waals surface area (Å²) >= 11 is 5.49. The van der Waals surface area contributed by atoms with Crippen LogP contribution in [-0.4, -0.2) is 16.6 Å². The molecule has 0 heterocycles. The largest absolute Gasteiger partial charge is 0.384 e. The second-order valence-corrected chi connectivity index (χ2v) is 2.50. The van der Waals surface area contributed by atoms with Crippen molar-refractivity contribution in [1.29, 1.82) is 0 Å². The van der Waals surface area contributed by atoms with Gasteiger partial charge in [-0.25, -0.2) is 0 Å². The first-order valence-electron chi connectivity index (χ1n) is 2.89. The van der Waals surface area contributed by atoms with Crippen LogP contribution in [0.4, 0.5) is 0 Å². The predicted octanol–water partition coefficient (Wildman–Crippen LogP) is 1.47. The van der Waals surface area contributed by atoms with E-state index in [0.29, 0.717) is 6.42 Å². The fourth-order valence-corrected chi connectivity index (χ4v) is 0.951. The van der Waals surface area contributed by atoms with Crippen LogP contribution in [-0.2, 0) is 0 Å². The van der Waals surface area contributed by atoms with E-state index in [2.05, 4.69) is 0 Å². The number of allylic oxidation sites excluding steroid dienone is 2. The number of hydrogen-bond acceptors (Lipinski definition) is 1. The maximum atomic E-state index is 9.41. The average Bonchev–Trinajstić information content (AvgIpc) is 1.90. The topological polar surface area (TPSA) is 20.2 Å². The molecule has 0 bridgehead atoms. The summed E-state index contributed by atoms with van der Waals surface area (Å²) in [4.78, 5) is 0. The molecule has 0 saturated heterocycles. The number of halogens is 1. The summed E-state index contributed by atoms with van der Waals surface area (Å²) in [7, 11) is 0. The summed E-state index contributed by atoms with van der Waals surface area (Å²) in [5.74, 6) is 0.272. The molecule has 1 nitrogen and oxygen atoms in total. The van der Waals surface area contributed by atoms with Crippen LogP contribution < -0.4 is 0 Å². The molecule has 0 amide bonds. The van der Waals surface area contributed by atoms with E-state index in [-0.39, 0.29) is 5.88 Å². The Kier molecular flexibility index (Phi) is 1.94. The Morgan fingerprint density at radius 1 is 1.56 bits per heavy atom. The van der Waals surface area contributed by atoms with Crippen LogP contribution in [0.15, 0.2) is 24.3 Å². The van der Waals surface area contributed by atoms with Crippen molar-refractivity contribution in [3.05, 3.63) is 24.3 Å². The summed E-state index contributed by atoms with van der Waals surface area (Å²) in [6.45, 7) is 0. The van der Waals surface area contributed by atoms with Gasteiger partial charge in [-0.1, -0.05) is 24.3 Å². The van der Waals surface area contributed by atoms with E-state index in [1.54, 1.807) is 6.08 Å². The van der Waals surface area contributed by atoms with Crippen LogP contribution in [0.2, 0.25) is 0 Å². The first-order valence-corrected chi connectivity index (χ1v) is 3.43. The molecule has 1 atom stereocenters. The molecule has 1 aliphatic rings. The van der Waals surface area contributed by atoms with Gasteiger partial charge in [0.1, 0.15) is 0 Å². The van der Waals surface area contributed by atoms with Gasteiger partial charge >= 0.3 is 0 Å². The summed E-state index contributed by atoms with van der Waals surface area (Å²) in [6, 6.07) is 0. The van der Waals surface area contributed by atoms with Crippen LogP contribution in [0.3, 0.4) is 0 Å². The van der Waals surface area contributed by atoms with E-state index in [1.165, 1.54) is 0 Å². The predicted molar refractivity (Wildman–Crippen MR) is 38.6 cm³/mol. The summed E-state index contributed by atoms with van der Waals surface area (Å²) < 4.78 is 0. The van der Waals surface area contributed by atoms with Gasteiger partial charge in [0.25, 0.3) is 0 Å². The van der Waals surface area contributed by atoms with Crippen molar-refractivity contribution in [2.75, 3.05) is 5.88 Å². The zero-order valence-electron chi connectivity index (χ0n) is 5.05.